The van der Waals surface area contributed by atoms with Gasteiger partial charge in [0.1, 0.15) is 18.9 Å². The first kappa shape index (κ1) is 19.1. The SMILES string of the molecule is CCCCCCCCCC=[P+]([O-])OCC[N+](C)(C)C. The van der Waals surface area contributed by atoms with Gasteiger partial charge in [-0.1, -0.05) is 45.4 Å². The van der Waals surface area contributed by atoms with Crippen LogP contribution in [0.2, 0.25) is 0 Å². The molecule has 0 aliphatic heterocycles. The molecule has 0 saturated carbocycles. The minimum Gasteiger partial charge on any atom is -0.603 e. The van der Waals surface area contributed by atoms with Crippen LogP contribution in [0, 0.1) is 0 Å². The Bertz CT molecular complexity index is 237. The zero-order valence-electron chi connectivity index (χ0n) is 13.4. The smallest absolute Gasteiger partial charge is 0.217 e. The molecule has 0 aromatic heterocycles. The zero-order chi connectivity index (χ0) is 14.6. The lowest BCUT2D eigenvalue weighted by atomic mass is 10.1. The molecular formula is C15H33NO2P+. The number of likely N-dealkylation sites (N-methyl/N-ethyl adjacent to an activating group) is 1. The first-order chi connectivity index (χ1) is 8.95. The maximum atomic E-state index is 11.6. The molecule has 114 valence electrons. The molecule has 0 aromatic rings. The fourth-order valence-corrected chi connectivity index (χ4v) is 2.52. The normalized spacial score (nSPS) is 13.0. The van der Waals surface area contributed by atoms with E-state index in [9.17, 15) is 4.89 Å². The summed E-state index contributed by atoms with van der Waals surface area (Å²) in [5.41, 5.74) is 0. The molecule has 0 fully saturated rings. The molecule has 0 bridgehead atoms. The molecule has 1 unspecified atom stereocenters. The summed E-state index contributed by atoms with van der Waals surface area (Å²) in [5.74, 6) is 1.84. The van der Waals surface area contributed by atoms with Crippen molar-refractivity contribution in [2.24, 2.45) is 0 Å². The van der Waals surface area contributed by atoms with E-state index in [1.165, 1.54) is 38.5 Å². The van der Waals surface area contributed by atoms with Crippen LogP contribution >= 0.6 is 8.00 Å². The Labute approximate surface area is 121 Å². The lowest BCUT2D eigenvalue weighted by molar-refractivity contribution is -0.870. The highest BCUT2D eigenvalue weighted by atomic mass is 31.1. The van der Waals surface area contributed by atoms with E-state index in [1.54, 1.807) is 0 Å². The number of rotatable bonds is 12. The van der Waals surface area contributed by atoms with E-state index in [0.717, 1.165) is 23.9 Å². The Morgan fingerprint density at radius 1 is 1.00 bits per heavy atom. The fourth-order valence-electron chi connectivity index (χ4n) is 1.76. The van der Waals surface area contributed by atoms with Crippen molar-refractivity contribution in [3.05, 3.63) is 0 Å². The molecule has 19 heavy (non-hydrogen) atoms. The van der Waals surface area contributed by atoms with Crippen molar-refractivity contribution < 1.29 is 13.9 Å². The Kier molecular flexibility index (Phi) is 11.9. The van der Waals surface area contributed by atoms with Crippen LogP contribution in [0.3, 0.4) is 0 Å². The van der Waals surface area contributed by atoms with Crippen LogP contribution in [0.5, 0.6) is 0 Å². The van der Waals surface area contributed by atoms with Crippen LogP contribution in [0.1, 0.15) is 58.3 Å². The van der Waals surface area contributed by atoms with Gasteiger partial charge in [0.25, 0.3) is 0 Å². The maximum Gasteiger partial charge on any atom is 0.217 e. The highest BCUT2D eigenvalue weighted by Crippen LogP contribution is 2.14. The van der Waals surface area contributed by atoms with Gasteiger partial charge in [0.15, 0.2) is 0 Å². The van der Waals surface area contributed by atoms with Gasteiger partial charge in [0.05, 0.1) is 21.1 Å². The Morgan fingerprint density at radius 2 is 1.58 bits per heavy atom. The number of hydrogen-bond donors (Lipinski definition) is 0. The summed E-state index contributed by atoms with van der Waals surface area (Å²) in [6, 6.07) is 0. The van der Waals surface area contributed by atoms with Crippen LogP contribution in [0.25, 0.3) is 0 Å². The predicted molar refractivity (Wildman–Crippen MR) is 84.4 cm³/mol. The van der Waals surface area contributed by atoms with Crippen molar-refractivity contribution in [1.82, 2.24) is 0 Å². The lowest BCUT2D eigenvalue weighted by Crippen LogP contribution is -2.37. The second-order valence-electron chi connectivity index (χ2n) is 6.23. The molecule has 0 aliphatic rings. The highest BCUT2D eigenvalue weighted by molar-refractivity contribution is 7.44. The van der Waals surface area contributed by atoms with Gasteiger partial charge in [0, 0.05) is 6.42 Å². The monoisotopic (exact) mass is 290 g/mol. The van der Waals surface area contributed by atoms with E-state index >= 15 is 0 Å². The first-order valence-electron chi connectivity index (χ1n) is 7.69. The van der Waals surface area contributed by atoms with Crippen molar-refractivity contribution in [3.63, 3.8) is 0 Å². The van der Waals surface area contributed by atoms with E-state index in [2.05, 4.69) is 28.1 Å². The van der Waals surface area contributed by atoms with Crippen LogP contribution in [0.15, 0.2) is 0 Å². The standard InChI is InChI=1S/C15H33NO2P/c1-5-6-7-8-9-10-11-12-15-19(17)18-14-13-16(2,3)4/h15H,5-14H2,1-4H3/q+1. The number of unbranched alkanes of at least 4 members (excludes halogenated alkanes) is 7. The first-order valence-corrected chi connectivity index (χ1v) is 8.93. The molecule has 0 rings (SSSR count). The average molecular weight is 290 g/mol. The second kappa shape index (κ2) is 11.8. The van der Waals surface area contributed by atoms with Crippen LogP contribution in [-0.2, 0) is 4.52 Å². The molecule has 0 spiro atoms. The van der Waals surface area contributed by atoms with E-state index < -0.39 is 8.00 Å². The molecule has 0 aromatic carbocycles. The quantitative estimate of drug-likeness (QED) is 0.314. The largest absolute Gasteiger partial charge is 0.603 e. The number of hydrogen-bond acceptors (Lipinski definition) is 2. The van der Waals surface area contributed by atoms with Gasteiger partial charge < -0.3 is 9.38 Å². The van der Waals surface area contributed by atoms with Crippen LogP contribution < -0.4 is 4.89 Å². The van der Waals surface area contributed by atoms with Gasteiger partial charge in [-0.15, -0.1) is 0 Å². The van der Waals surface area contributed by atoms with Gasteiger partial charge >= 0.3 is 0 Å². The number of nitrogens with zero attached hydrogens (tertiary/aromatic N) is 1. The Balaban J connectivity index is 3.39. The summed E-state index contributed by atoms with van der Waals surface area (Å²) in [6.07, 6.45) is 10.0. The summed E-state index contributed by atoms with van der Waals surface area (Å²) in [4.78, 5) is 11.6. The van der Waals surface area contributed by atoms with Crippen molar-refractivity contribution in [2.75, 3.05) is 34.3 Å². The van der Waals surface area contributed by atoms with Crippen molar-refractivity contribution >= 4 is 13.8 Å². The van der Waals surface area contributed by atoms with E-state index in [0.29, 0.717) is 6.61 Å². The van der Waals surface area contributed by atoms with Gasteiger partial charge in [-0.3, -0.25) is 0 Å². The van der Waals surface area contributed by atoms with Gasteiger partial charge in [0.2, 0.25) is 8.00 Å². The van der Waals surface area contributed by atoms with E-state index in [1.807, 2.05) is 5.80 Å². The summed E-state index contributed by atoms with van der Waals surface area (Å²) >= 11 is 0. The molecule has 0 saturated heterocycles. The van der Waals surface area contributed by atoms with Gasteiger partial charge in [-0.05, 0) is 6.42 Å². The lowest BCUT2D eigenvalue weighted by Gasteiger charge is -2.22. The average Bonchev–Trinajstić information content (AvgIpc) is 2.31. The zero-order valence-corrected chi connectivity index (χ0v) is 14.3. The fraction of sp³-hybridized carbons (Fsp3) is 0.933. The topological polar surface area (TPSA) is 32.3 Å². The molecule has 0 radical (unpaired) electrons. The summed E-state index contributed by atoms with van der Waals surface area (Å²) in [5, 5.41) is 0. The minimum atomic E-state index is -1.55. The third-order valence-electron chi connectivity index (χ3n) is 3.07. The third kappa shape index (κ3) is 16.0. The molecule has 0 amide bonds. The molecule has 0 N–H and O–H groups in total. The van der Waals surface area contributed by atoms with E-state index in [4.69, 9.17) is 4.52 Å². The predicted octanol–water partition coefficient (Wildman–Crippen LogP) is 3.32. The summed E-state index contributed by atoms with van der Waals surface area (Å²) < 4.78 is 6.16. The van der Waals surface area contributed by atoms with Crippen LogP contribution in [0.4, 0.5) is 0 Å². The maximum absolute atomic E-state index is 11.6. The van der Waals surface area contributed by atoms with Gasteiger partial charge in [-0.2, -0.15) is 4.52 Å². The molecule has 0 aliphatic carbocycles. The minimum absolute atomic E-state index is 0.576. The van der Waals surface area contributed by atoms with Crippen molar-refractivity contribution in [2.45, 2.75) is 58.3 Å². The summed E-state index contributed by atoms with van der Waals surface area (Å²) in [7, 11) is 4.78. The Morgan fingerprint density at radius 3 is 2.16 bits per heavy atom. The van der Waals surface area contributed by atoms with Gasteiger partial charge in [-0.25, -0.2) is 0 Å². The summed E-state index contributed by atoms with van der Waals surface area (Å²) in [6.45, 7) is 3.71. The third-order valence-corrected chi connectivity index (χ3v) is 4.06. The molecule has 4 heteroatoms. The van der Waals surface area contributed by atoms with Crippen LogP contribution in [-0.4, -0.2) is 44.6 Å². The number of quaternary nitrogens is 1. The van der Waals surface area contributed by atoms with Crippen molar-refractivity contribution in [1.29, 1.82) is 0 Å². The second-order valence-corrected chi connectivity index (χ2v) is 7.42. The highest BCUT2D eigenvalue weighted by Gasteiger charge is 2.08. The molecule has 1 atom stereocenters. The van der Waals surface area contributed by atoms with E-state index in [-0.39, 0.29) is 0 Å². The molecule has 0 heterocycles. The molecular weight excluding hydrogens is 257 g/mol. The van der Waals surface area contributed by atoms with Crippen molar-refractivity contribution in [3.8, 4) is 0 Å². The molecule has 3 nitrogen and oxygen atoms in total. The Hall–Kier alpha value is 0.0500.